The second-order valence-corrected chi connectivity index (χ2v) is 8.62. The minimum absolute atomic E-state index is 0.0105. The van der Waals surface area contributed by atoms with E-state index in [0.29, 0.717) is 6.54 Å². The number of rotatable bonds is 6. The summed E-state index contributed by atoms with van der Waals surface area (Å²) in [5.74, 6) is 0.0105. The predicted octanol–water partition coefficient (Wildman–Crippen LogP) is 5.36. The summed E-state index contributed by atoms with van der Waals surface area (Å²) in [6, 6.07) is 20.2. The number of fused-ring (bicyclic) bond motifs is 2. The predicted molar refractivity (Wildman–Crippen MR) is 123 cm³/mol. The molecule has 1 aromatic heterocycles. The fraction of sp³-hybridized carbons (Fsp3) is 0.250. The number of anilines is 1. The molecule has 29 heavy (non-hydrogen) atoms. The van der Waals surface area contributed by atoms with E-state index in [1.54, 1.807) is 11.3 Å². The smallest absolute Gasteiger partial charge is 0.260 e. The van der Waals surface area contributed by atoms with Crippen LogP contribution in [0.1, 0.15) is 22.3 Å². The Morgan fingerprint density at radius 2 is 1.79 bits per heavy atom. The molecule has 0 atom stereocenters. The monoisotopic (exact) mass is 403 g/mol. The van der Waals surface area contributed by atoms with Crippen molar-refractivity contribution < 1.29 is 4.79 Å². The Morgan fingerprint density at radius 3 is 2.62 bits per heavy atom. The van der Waals surface area contributed by atoms with Crippen molar-refractivity contribution in [3.05, 3.63) is 71.8 Å². The van der Waals surface area contributed by atoms with E-state index in [0.717, 1.165) is 44.6 Å². The summed E-state index contributed by atoms with van der Waals surface area (Å²) in [5.41, 5.74) is 2.87. The molecule has 0 fully saturated rings. The first-order valence-electron chi connectivity index (χ1n) is 9.84. The Labute approximate surface area is 175 Å². The molecule has 0 aliphatic carbocycles. The zero-order chi connectivity index (χ0) is 20.4. The van der Waals surface area contributed by atoms with Gasteiger partial charge in [-0.25, -0.2) is 4.98 Å². The zero-order valence-corrected chi connectivity index (χ0v) is 17.9. The zero-order valence-electron chi connectivity index (χ0n) is 17.1. The van der Waals surface area contributed by atoms with Gasteiger partial charge in [-0.2, -0.15) is 0 Å². The molecule has 0 aliphatic heterocycles. The Kier molecular flexibility index (Phi) is 5.60. The molecular formula is C24H25N3OS. The molecule has 0 bridgehead atoms. The van der Waals surface area contributed by atoms with Gasteiger partial charge >= 0.3 is 0 Å². The van der Waals surface area contributed by atoms with Crippen LogP contribution >= 0.6 is 11.3 Å². The molecule has 0 N–H and O–H groups in total. The molecule has 1 amide bonds. The Morgan fingerprint density at radius 1 is 1.00 bits per heavy atom. The van der Waals surface area contributed by atoms with Crippen LogP contribution in [0.25, 0.3) is 21.0 Å². The normalized spacial score (nSPS) is 11.4. The van der Waals surface area contributed by atoms with Crippen LogP contribution in [0.3, 0.4) is 0 Å². The van der Waals surface area contributed by atoms with E-state index in [1.165, 1.54) is 5.56 Å². The molecule has 5 heteroatoms. The minimum Gasteiger partial charge on any atom is -0.309 e. The van der Waals surface area contributed by atoms with Gasteiger partial charge < -0.3 is 4.90 Å². The molecule has 148 valence electrons. The lowest BCUT2D eigenvalue weighted by molar-refractivity contribution is 0.0987. The number of nitrogens with zero attached hydrogens (tertiary/aromatic N) is 3. The van der Waals surface area contributed by atoms with Crippen LogP contribution in [0.2, 0.25) is 0 Å². The summed E-state index contributed by atoms with van der Waals surface area (Å²) in [7, 11) is 4.11. The highest BCUT2D eigenvalue weighted by Gasteiger charge is 2.22. The number of aryl methyl sites for hydroxylation is 1. The molecule has 3 aromatic carbocycles. The average molecular weight is 404 g/mol. The maximum absolute atomic E-state index is 13.7. The van der Waals surface area contributed by atoms with Gasteiger partial charge in [0.05, 0.1) is 10.2 Å². The van der Waals surface area contributed by atoms with Gasteiger partial charge in [-0.15, -0.1) is 0 Å². The number of benzene rings is 3. The van der Waals surface area contributed by atoms with Crippen LogP contribution in [0.4, 0.5) is 5.13 Å². The molecule has 1 heterocycles. The Bertz CT molecular complexity index is 1160. The van der Waals surface area contributed by atoms with Crippen molar-refractivity contribution in [2.45, 2.75) is 13.3 Å². The SMILES string of the molecule is Cc1ccc2nc(N(CCCN(C)C)C(=O)c3cccc4ccccc34)sc2c1. The molecule has 4 rings (SSSR count). The third-order valence-electron chi connectivity index (χ3n) is 5.02. The van der Waals surface area contributed by atoms with Gasteiger partial charge in [0.25, 0.3) is 5.91 Å². The van der Waals surface area contributed by atoms with E-state index in [-0.39, 0.29) is 5.91 Å². The van der Waals surface area contributed by atoms with Crippen molar-refractivity contribution in [3.8, 4) is 0 Å². The van der Waals surface area contributed by atoms with E-state index in [2.05, 4.69) is 38.1 Å². The molecule has 0 spiro atoms. The number of hydrogen-bond donors (Lipinski definition) is 0. The largest absolute Gasteiger partial charge is 0.309 e. The maximum atomic E-state index is 13.7. The highest BCUT2D eigenvalue weighted by molar-refractivity contribution is 7.22. The summed E-state index contributed by atoms with van der Waals surface area (Å²) in [6.45, 7) is 3.64. The summed E-state index contributed by atoms with van der Waals surface area (Å²) < 4.78 is 1.11. The van der Waals surface area contributed by atoms with Crippen molar-refractivity contribution >= 4 is 43.4 Å². The molecule has 0 radical (unpaired) electrons. The quantitative estimate of drug-likeness (QED) is 0.435. The van der Waals surface area contributed by atoms with Crippen LogP contribution in [0, 0.1) is 6.92 Å². The van der Waals surface area contributed by atoms with Gasteiger partial charge in [0.2, 0.25) is 0 Å². The van der Waals surface area contributed by atoms with Gasteiger partial charge in [0.15, 0.2) is 5.13 Å². The lowest BCUT2D eigenvalue weighted by Crippen LogP contribution is -2.33. The molecule has 0 aliphatic rings. The second kappa shape index (κ2) is 8.31. The second-order valence-electron chi connectivity index (χ2n) is 7.61. The van der Waals surface area contributed by atoms with E-state index in [4.69, 9.17) is 4.98 Å². The topological polar surface area (TPSA) is 36.4 Å². The third kappa shape index (κ3) is 4.16. The number of carbonyl (C=O) groups is 1. The van der Waals surface area contributed by atoms with Gasteiger partial charge in [-0.3, -0.25) is 9.69 Å². The van der Waals surface area contributed by atoms with Crippen molar-refractivity contribution in [2.75, 3.05) is 32.1 Å². The van der Waals surface area contributed by atoms with Gasteiger partial charge in [0.1, 0.15) is 0 Å². The highest BCUT2D eigenvalue weighted by atomic mass is 32.1. The summed E-state index contributed by atoms with van der Waals surface area (Å²) in [4.78, 5) is 22.4. The number of amides is 1. The van der Waals surface area contributed by atoms with Gasteiger partial charge in [-0.1, -0.05) is 53.8 Å². The standard InChI is InChI=1S/C24H25N3OS/c1-17-12-13-21-22(16-17)29-24(25-21)27(15-7-14-26(2)3)23(28)20-11-6-9-18-8-4-5-10-19(18)20/h4-6,8-13,16H,7,14-15H2,1-3H3. The van der Waals surface area contributed by atoms with Crippen LogP contribution in [0.5, 0.6) is 0 Å². The van der Waals surface area contributed by atoms with Crippen molar-refractivity contribution in [1.29, 1.82) is 0 Å². The Balaban J connectivity index is 1.75. The average Bonchev–Trinajstić information content (AvgIpc) is 3.12. The van der Waals surface area contributed by atoms with Crippen molar-refractivity contribution in [3.63, 3.8) is 0 Å². The maximum Gasteiger partial charge on any atom is 0.260 e. The molecule has 0 saturated heterocycles. The first-order valence-corrected chi connectivity index (χ1v) is 10.7. The van der Waals surface area contributed by atoms with Crippen molar-refractivity contribution in [2.24, 2.45) is 0 Å². The van der Waals surface area contributed by atoms with Crippen LogP contribution in [0.15, 0.2) is 60.7 Å². The van der Waals surface area contributed by atoms with Crippen LogP contribution < -0.4 is 4.90 Å². The minimum atomic E-state index is 0.0105. The number of carbonyl (C=O) groups excluding carboxylic acids is 1. The van der Waals surface area contributed by atoms with E-state index >= 15 is 0 Å². The third-order valence-corrected chi connectivity index (χ3v) is 6.06. The van der Waals surface area contributed by atoms with Crippen LogP contribution in [-0.4, -0.2) is 43.0 Å². The summed E-state index contributed by atoms with van der Waals surface area (Å²) in [5, 5.41) is 2.82. The fourth-order valence-electron chi connectivity index (χ4n) is 3.52. The van der Waals surface area contributed by atoms with Crippen molar-refractivity contribution in [1.82, 2.24) is 9.88 Å². The fourth-order valence-corrected chi connectivity index (χ4v) is 4.61. The highest BCUT2D eigenvalue weighted by Crippen LogP contribution is 2.31. The first kappa shape index (κ1) is 19.6. The molecule has 0 saturated carbocycles. The Hall–Kier alpha value is -2.76. The number of aromatic nitrogens is 1. The van der Waals surface area contributed by atoms with E-state index in [9.17, 15) is 4.79 Å². The molecular weight excluding hydrogens is 378 g/mol. The van der Waals surface area contributed by atoms with E-state index < -0.39 is 0 Å². The number of hydrogen-bond acceptors (Lipinski definition) is 4. The molecule has 4 aromatic rings. The summed E-state index contributed by atoms with van der Waals surface area (Å²) >= 11 is 1.59. The molecule has 4 nitrogen and oxygen atoms in total. The lowest BCUT2D eigenvalue weighted by Gasteiger charge is -2.21. The lowest BCUT2D eigenvalue weighted by atomic mass is 10.0. The summed E-state index contributed by atoms with van der Waals surface area (Å²) in [6.07, 6.45) is 0.887. The first-order chi connectivity index (χ1) is 14.0. The number of thiazole rings is 1. The van der Waals surface area contributed by atoms with Gasteiger partial charge in [-0.05, 0) is 68.5 Å². The van der Waals surface area contributed by atoms with Gasteiger partial charge in [0, 0.05) is 12.1 Å². The van der Waals surface area contributed by atoms with Crippen LogP contribution in [-0.2, 0) is 0 Å². The molecule has 0 unspecified atom stereocenters. The van der Waals surface area contributed by atoms with E-state index in [1.807, 2.05) is 53.4 Å².